The maximum atomic E-state index is 12.5. The molecule has 2 aromatic carbocycles. The quantitative estimate of drug-likeness (QED) is 0.0913. The van der Waals surface area contributed by atoms with Crippen molar-refractivity contribution >= 4 is 94.1 Å². The molecule has 0 atom stereocenters. The van der Waals surface area contributed by atoms with Crippen LogP contribution in [0.3, 0.4) is 0 Å². The lowest BCUT2D eigenvalue weighted by molar-refractivity contribution is 0.0398. The summed E-state index contributed by atoms with van der Waals surface area (Å²) < 4.78 is 9.25. The Morgan fingerprint density at radius 2 is 0.919 bits per heavy atom. The molecule has 0 aliphatic rings. The minimum absolute atomic E-state index is 0.314. The van der Waals surface area contributed by atoms with Crippen LogP contribution in [0.5, 0.6) is 0 Å². The summed E-state index contributed by atoms with van der Waals surface area (Å²) in [6.45, 7) is 8.37. The number of carbonyl (C=O) groups is 2. The van der Waals surface area contributed by atoms with Crippen LogP contribution in [-0.2, 0) is 17.6 Å². The normalized spacial score (nSPS) is 10.6. The molecule has 0 spiro atoms. The Labute approximate surface area is 248 Å². The van der Waals surface area contributed by atoms with Crippen LogP contribution in [0, 0.1) is 0 Å². The van der Waals surface area contributed by atoms with Crippen molar-refractivity contribution in [3.05, 3.63) is 70.8 Å². The maximum absolute atomic E-state index is 12.5. The Kier molecular flexibility index (Phi) is 15.0. The van der Waals surface area contributed by atoms with Crippen molar-refractivity contribution < 1.29 is 14.3 Å². The number of benzene rings is 2. The summed E-state index contributed by atoms with van der Waals surface area (Å²) >= 11 is 17.9. The van der Waals surface area contributed by atoms with Gasteiger partial charge >= 0.3 is 11.9 Å². The molecule has 2 rings (SSSR count). The minimum atomic E-state index is -0.682. The average Bonchev–Trinajstić information content (AvgIpc) is 2.89. The zero-order chi connectivity index (χ0) is 27.2. The standard InChI is InChI=1S/C26H32N2O3S6/c1-5-34-27(35-6-2)23(32)17-19-9-13-21(14-10-19)25(29)31-26(30)22-15-11-20(12-16-22)18-24(33)28(36-7-3)37-8-4/h9-16H,5-8,17-18H2,1-4H3. The van der Waals surface area contributed by atoms with E-state index in [4.69, 9.17) is 29.2 Å². The van der Waals surface area contributed by atoms with Crippen molar-refractivity contribution in [1.29, 1.82) is 0 Å². The monoisotopic (exact) mass is 612 g/mol. The van der Waals surface area contributed by atoms with Crippen molar-refractivity contribution in [3.63, 3.8) is 0 Å². The van der Waals surface area contributed by atoms with Gasteiger partial charge in [0, 0.05) is 35.9 Å². The van der Waals surface area contributed by atoms with Crippen molar-refractivity contribution in [2.24, 2.45) is 0 Å². The van der Waals surface area contributed by atoms with E-state index in [-0.39, 0.29) is 0 Å². The molecule has 5 nitrogen and oxygen atoms in total. The number of ether oxygens (including phenoxy) is 1. The van der Waals surface area contributed by atoms with Gasteiger partial charge in [0.05, 0.1) is 11.1 Å². The Bertz CT molecular complexity index is 952. The van der Waals surface area contributed by atoms with Gasteiger partial charge in [-0.15, -0.1) is 0 Å². The fraction of sp³-hybridized carbons (Fsp3) is 0.385. The molecule has 11 heteroatoms. The second kappa shape index (κ2) is 17.4. The predicted molar refractivity (Wildman–Crippen MR) is 171 cm³/mol. The van der Waals surface area contributed by atoms with Crippen molar-refractivity contribution in [2.45, 2.75) is 40.5 Å². The maximum Gasteiger partial charge on any atom is 0.346 e. The highest BCUT2D eigenvalue weighted by molar-refractivity contribution is 8.14. The van der Waals surface area contributed by atoms with Crippen LogP contribution in [0.2, 0.25) is 0 Å². The molecule has 0 heterocycles. The van der Waals surface area contributed by atoms with Gasteiger partial charge < -0.3 is 4.74 Å². The van der Waals surface area contributed by atoms with Crippen LogP contribution in [0.4, 0.5) is 0 Å². The van der Waals surface area contributed by atoms with Gasteiger partial charge in [0.2, 0.25) is 0 Å². The Balaban J connectivity index is 1.94. The third-order valence-electron chi connectivity index (χ3n) is 4.67. The number of hydrogen-bond acceptors (Lipinski definition) is 9. The number of hydrogen-bond donors (Lipinski definition) is 0. The molecule has 37 heavy (non-hydrogen) atoms. The van der Waals surface area contributed by atoms with Gasteiger partial charge in [-0.2, -0.15) is 0 Å². The van der Waals surface area contributed by atoms with E-state index >= 15 is 0 Å². The number of esters is 2. The van der Waals surface area contributed by atoms with Crippen LogP contribution >= 0.6 is 72.2 Å². The first kappa shape index (κ1) is 32.0. The molecule has 0 aliphatic carbocycles. The molecule has 0 bridgehead atoms. The first-order valence-corrected chi connectivity index (χ1v) is 16.5. The van der Waals surface area contributed by atoms with E-state index in [0.717, 1.165) is 44.1 Å². The van der Waals surface area contributed by atoms with Crippen LogP contribution < -0.4 is 0 Å². The second-order valence-electron chi connectivity index (χ2n) is 7.40. The summed E-state index contributed by atoms with van der Waals surface area (Å²) in [4.78, 5) is 26.7. The van der Waals surface area contributed by atoms with Crippen molar-refractivity contribution in [2.75, 3.05) is 23.0 Å². The van der Waals surface area contributed by atoms with Gasteiger partial charge in [0.1, 0.15) is 9.98 Å². The summed E-state index contributed by atoms with van der Waals surface area (Å²) in [7, 11) is 0. The number of nitrogens with zero attached hydrogens (tertiary/aromatic N) is 2. The molecular formula is C26H32N2O3S6. The van der Waals surface area contributed by atoms with E-state index in [1.54, 1.807) is 72.1 Å². The SMILES string of the molecule is CCSN(SCC)C(=S)Cc1ccc(C(=O)OC(=O)c2ccc(CC(=S)N(SCC)SCC)cc2)cc1. The zero-order valence-electron chi connectivity index (χ0n) is 21.4. The third kappa shape index (κ3) is 10.8. The Morgan fingerprint density at radius 3 is 1.19 bits per heavy atom. The number of thiocarbonyl (C=S) groups is 2. The summed E-state index contributed by atoms with van der Waals surface area (Å²) in [6, 6.07) is 14.0. The van der Waals surface area contributed by atoms with E-state index < -0.39 is 11.9 Å². The van der Waals surface area contributed by atoms with Gasteiger partial charge in [0.25, 0.3) is 0 Å². The zero-order valence-corrected chi connectivity index (χ0v) is 26.3. The Hall–Kier alpha value is -1.24. The molecule has 0 aliphatic heterocycles. The van der Waals surface area contributed by atoms with Crippen molar-refractivity contribution in [3.8, 4) is 0 Å². The summed E-state index contributed by atoms with van der Waals surface area (Å²) in [5.41, 5.74) is 2.62. The first-order valence-electron chi connectivity index (χ1n) is 11.9. The lowest BCUT2D eigenvalue weighted by atomic mass is 10.1. The van der Waals surface area contributed by atoms with E-state index in [9.17, 15) is 9.59 Å². The smallest absolute Gasteiger partial charge is 0.346 e. The molecular weight excluding hydrogens is 581 g/mol. The molecule has 0 aromatic heterocycles. The largest absolute Gasteiger partial charge is 0.386 e. The second-order valence-corrected chi connectivity index (χ2v) is 13.6. The number of carbonyl (C=O) groups excluding carboxylic acids is 2. The van der Waals surface area contributed by atoms with Crippen molar-refractivity contribution in [1.82, 2.24) is 7.42 Å². The van der Waals surface area contributed by atoms with E-state index in [1.165, 1.54) is 0 Å². The summed E-state index contributed by atoms with van der Waals surface area (Å²) in [5.74, 6) is 2.40. The molecule has 0 radical (unpaired) electrons. The topological polar surface area (TPSA) is 49.9 Å². The number of rotatable bonds is 14. The minimum Gasteiger partial charge on any atom is -0.386 e. The van der Waals surface area contributed by atoms with Gasteiger partial charge in [-0.05, 0) is 83.2 Å². The average molecular weight is 613 g/mol. The molecule has 200 valence electrons. The van der Waals surface area contributed by atoms with E-state index in [2.05, 4.69) is 35.1 Å². The predicted octanol–water partition coefficient (Wildman–Crippen LogP) is 7.70. The van der Waals surface area contributed by atoms with Crippen LogP contribution in [-0.4, -0.2) is 52.3 Å². The molecule has 0 N–H and O–H groups in total. The van der Waals surface area contributed by atoms with Gasteiger partial charge in [-0.25, -0.2) is 9.59 Å². The lowest BCUT2D eigenvalue weighted by Gasteiger charge is -2.21. The molecule has 0 unspecified atom stereocenters. The van der Waals surface area contributed by atoms with Gasteiger partial charge in [-0.3, -0.25) is 7.42 Å². The fourth-order valence-electron chi connectivity index (χ4n) is 3.03. The van der Waals surface area contributed by atoms with E-state index in [0.29, 0.717) is 24.0 Å². The fourth-order valence-corrected chi connectivity index (χ4v) is 7.63. The van der Waals surface area contributed by atoms with Crippen LogP contribution in [0.25, 0.3) is 0 Å². The van der Waals surface area contributed by atoms with Gasteiger partial charge in [-0.1, -0.05) is 76.4 Å². The van der Waals surface area contributed by atoms with Gasteiger partial charge in [0.15, 0.2) is 0 Å². The van der Waals surface area contributed by atoms with E-state index in [1.807, 2.05) is 24.3 Å². The molecule has 2 aromatic rings. The summed E-state index contributed by atoms with van der Waals surface area (Å²) in [6.07, 6.45) is 1.21. The van der Waals surface area contributed by atoms with Crippen LogP contribution in [0.1, 0.15) is 59.5 Å². The molecule has 0 fully saturated rings. The summed E-state index contributed by atoms with van der Waals surface area (Å²) in [5, 5.41) is 0. The third-order valence-corrected chi connectivity index (χ3v) is 9.90. The lowest BCUT2D eigenvalue weighted by Crippen LogP contribution is -2.18. The molecule has 0 amide bonds. The van der Waals surface area contributed by atoms with Crippen LogP contribution in [0.15, 0.2) is 48.5 Å². The molecule has 0 saturated heterocycles. The highest BCUT2D eigenvalue weighted by Crippen LogP contribution is 2.25. The highest BCUT2D eigenvalue weighted by atomic mass is 32.2. The highest BCUT2D eigenvalue weighted by Gasteiger charge is 2.17. The first-order chi connectivity index (χ1) is 17.8. The molecule has 0 saturated carbocycles. The Morgan fingerprint density at radius 1 is 0.622 bits per heavy atom.